The summed E-state index contributed by atoms with van der Waals surface area (Å²) in [6.45, 7) is 2.66. The molecule has 0 radical (unpaired) electrons. The fourth-order valence-corrected chi connectivity index (χ4v) is 1.61. The van der Waals surface area contributed by atoms with Gasteiger partial charge in [0, 0.05) is 11.1 Å². The maximum atomic E-state index is 10.8. The highest BCUT2D eigenvalue weighted by molar-refractivity contribution is 5.54. The first kappa shape index (κ1) is 11.6. The summed E-state index contributed by atoms with van der Waals surface area (Å²) in [5, 5.41) is 28.9. The van der Waals surface area contributed by atoms with Gasteiger partial charge in [0.25, 0.3) is 5.69 Å². The average Bonchev–Trinajstić information content (AvgIpc) is 2.18. The van der Waals surface area contributed by atoms with Gasteiger partial charge in [0.15, 0.2) is 0 Å². The van der Waals surface area contributed by atoms with E-state index in [-0.39, 0.29) is 18.9 Å². The highest BCUT2D eigenvalue weighted by Crippen LogP contribution is 2.29. The Labute approximate surface area is 87.1 Å². The van der Waals surface area contributed by atoms with Crippen molar-refractivity contribution in [2.75, 3.05) is 0 Å². The van der Waals surface area contributed by atoms with Crippen LogP contribution in [0.2, 0.25) is 0 Å². The molecule has 82 valence electrons. The van der Waals surface area contributed by atoms with Gasteiger partial charge in [-0.15, -0.1) is 0 Å². The zero-order valence-electron chi connectivity index (χ0n) is 8.65. The van der Waals surface area contributed by atoms with E-state index in [2.05, 4.69) is 0 Å². The van der Waals surface area contributed by atoms with Crippen molar-refractivity contribution < 1.29 is 15.1 Å². The summed E-state index contributed by atoms with van der Waals surface area (Å²) in [5.41, 5.74) is 1.85. The van der Waals surface area contributed by atoms with Gasteiger partial charge in [-0.2, -0.15) is 0 Å². The molecule has 1 aromatic carbocycles. The van der Waals surface area contributed by atoms with E-state index in [0.29, 0.717) is 22.3 Å². The summed E-state index contributed by atoms with van der Waals surface area (Å²) in [5.74, 6) is 0. The molecule has 0 spiro atoms. The van der Waals surface area contributed by atoms with E-state index in [1.165, 1.54) is 0 Å². The van der Waals surface area contributed by atoms with Gasteiger partial charge in [-0.25, -0.2) is 0 Å². The van der Waals surface area contributed by atoms with Crippen LogP contribution in [0.4, 0.5) is 5.69 Å². The number of rotatable bonds is 3. The topological polar surface area (TPSA) is 83.6 Å². The molecule has 0 amide bonds. The molecule has 0 aliphatic heterocycles. The van der Waals surface area contributed by atoms with Gasteiger partial charge in [0.2, 0.25) is 0 Å². The number of nitro groups is 1. The van der Waals surface area contributed by atoms with E-state index >= 15 is 0 Å². The third-order valence-corrected chi connectivity index (χ3v) is 2.55. The van der Waals surface area contributed by atoms with E-state index in [1.54, 1.807) is 19.9 Å². The molecule has 0 fully saturated rings. The Bertz CT molecular complexity index is 373. The van der Waals surface area contributed by atoms with Crippen LogP contribution < -0.4 is 0 Å². The van der Waals surface area contributed by atoms with Gasteiger partial charge in [-0.05, 0) is 25.0 Å². The second kappa shape index (κ2) is 4.37. The zero-order valence-corrected chi connectivity index (χ0v) is 8.65. The molecule has 0 heterocycles. The van der Waals surface area contributed by atoms with Crippen LogP contribution in [-0.4, -0.2) is 15.1 Å². The Morgan fingerprint density at radius 2 is 1.60 bits per heavy atom. The first-order valence-electron chi connectivity index (χ1n) is 4.51. The molecule has 0 unspecified atom stereocenters. The highest BCUT2D eigenvalue weighted by atomic mass is 16.6. The summed E-state index contributed by atoms with van der Waals surface area (Å²) in [6, 6.07) is 1.59. The Kier molecular flexibility index (Phi) is 3.39. The van der Waals surface area contributed by atoms with E-state index in [4.69, 9.17) is 10.2 Å². The van der Waals surface area contributed by atoms with E-state index < -0.39 is 4.92 Å². The molecule has 0 saturated carbocycles. The van der Waals surface area contributed by atoms with Crippen LogP contribution in [0.5, 0.6) is 0 Å². The second-order valence-corrected chi connectivity index (χ2v) is 3.37. The lowest BCUT2D eigenvalue weighted by atomic mass is 9.98. The molecule has 0 atom stereocenters. The smallest absolute Gasteiger partial charge is 0.275 e. The summed E-state index contributed by atoms with van der Waals surface area (Å²) in [4.78, 5) is 10.3. The SMILES string of the molecule is Cc1c(CO)cc(CO)c(C)c1[N+](=O)[O-]. The molecular weight excluding hydrogens is 198 g/mol. The van der Waals surface area contributed by atoms with Crippen LogP contribution in [0.3, 0.4) is 0 Å². The first-order valence-corrected chi connectivity index (χ1v) is 4.51. The lowest BCUT2D eigenvalue weighted by Gasteiger charge is -2.10. The molecule has 15 heavy (non-hydrogen) atoms. The fourth-order valence-electron chi connectivity index (χ4n) is 1.61. The number of aliphatic hydroxyl groups is 2. The van der Waals surface area contributed by atoms with Crippen molar-refractivity contribution in [2.24, 2.45) is 0 Å². The third-order valence-electron chi connectivity index (χ3n) is 2.55. The van der Waals surface area contributed by atoms with Crippen molar-refractivity contribution in [3.63, 3.8) is 0 Å². The van der Waals surface area contributed by atoms with Gasteiger partial charge in [0.1, 0.15) is 0 Å². The molecule has 0 aliphatic carbocycles. The Hall–Kier alpha value is -1.46. The van der Waals surface area contributed by atoms with Gasteiger partial charge in [0.05, 0.1) is 18.1 Å². The molecule has 0 saturated heterocycles. The zero-order chi connectivity index (χ0) is 11.6. The number of aliphatic hydroxyl groups excluding tert-OH is 2. The fraction of sp³-hybridized carbons (Fsp3) is 0.400. The molecule has 2 N–H and O–H groups in total. The minimum atomic E-state index is -0.483. The average molecular weight is 211 g/mol. The van der Waals surface area contributed by atoms with Crippen molar-refractivity contribution in [2.45, 2.75) is 27.1 Å². The summed E-state index contributed by atoms with van der Waals surface area (Å²) < 4.78 is 0. The number of nitrogens with zero attached hydrogens (tertiary/aromatic N) is 1. The van der Waals surface area contributed by atoms with Gasteiger partial charge in [-0.1, -0.05) is 6.07 Å². The lowest BCUT2D eigenvalue weighted by Crippen LogP contribution is -2.03. The number of hydrogen-bond acceptors (Lipinski definition) is 4. The largest absolute Gasteiger partial charge is 0.392 e. The molecule has 1 aromatic rings. The molecule has 5 heteroatoms. The molecule has 1 rings (SSSR count). The van der Waals surface area contributed by atoms with Crippen molar-refractivity contribution >= 4 is 5.69 Å². The number of benzene rings is 1. The minimum Gasteiger partial charge on any atom is -0.392 e. The van der Waals surface area contributed by atoms with Crippen LogP contribution in [0.1, 0.15) is 22.3 Å². The van der Waals surface area contributed by atoms with Gasteiger partial charge < -0.3 is 10.2 Å². The van der Waals surface area contributed by atoms with Crippen LogP contribution in [0, 0.1) is 24.0 Å². The quantitative estimate of drug-likeness (QED) is 0.581. The molecule has 5 nitrogen and oxygen atoms in total. The van der Waals surface area contributed by atoms with E-state index in [9.17, 15) is 10.1 Å². The first-order chi connectivity index (χ1) is 7.02. The summed E-state index contributed by atoms with van der Waals surface area (Å²) in [6.07, 6.45) is 0. The standard InChI is InChI=1S/C10H13NO4/c1-6-8(4-12)3-9(5-13)7(2)10(6)11(14)15/h3,12-13H,4-5H2,1-2H3. The second-order valence-electron chi connectivity index (χ2n) is 3.37. The Balaban J connectivity index is 3.53. The molecule has 0 bridgehead atoms. The number of hydrogen-bond donors (Lipinski definition) is 2. The Morgan fingerprint density at radius 3 is 1.87 bits per heavy atom. The molecular formula is C10H13NO4. The molecule has 0 aliphatic rings. The van der Waals surface area contributed by atoms with Crippen molar-refractivity contribution in [3.8, 4) is 0 Å². The van der Waals surface area contributed by atoms with Crippen LogP contribution in [0.15, 0.2) is 6.07 Å². The lowest BCUT2D eigenvalue weighted by molar-refractivity contribution is -0.386. The summed E-state index contributed by atoms with van der Waals surface area (Å²) >= 11 is 0. The Morgan fingerprint density at radius 1 is 1.20 bits per heavy atom. The third kappa shape index (κ3) is 1.98. The predicted octanol–water partition coefficient (Wildman–Crippen LogP) is 1.20. The van der Waals surface area contributed by atoms with Crippen molar-refractivity contribution in [1.29, 1.82) is 0 Å². The van der Waals surface area contributed by atoms with Crippen LogP contribution in [0.25, 0.3) is 0 Å². The summed E-state index contributed by atoms with van der Waals surface area (Å²) in [7, 11) is 0. The molecule has 0 aromatic heterocycles. The van der Waals surface area contributed by atoms with Crippen molar-refractivity contribution in [3.05, 3.63) is 38.4 Å². The minimum absolute atomic E-state index is 0.0226. The van der Waals surface area contributed by atoms with Gasteiger partial charge in [-0.3, -0.25) is 10.1 Å². The van der Waals surface area contributed by atoms with Crippen LogP contribution in [-0.2, 0) is 13.2 Å². The van der Waals surface area contributed by atoms with Crippen LogP contribution >= 0.6 is 0 Å². The van der Waals surface area contributed by atoms with E-state index in [1.807, 2.05) is 0 Å². The monoisotopic (exact) mass is 211 g/mol. The van der Waals surface area contributed by atoms with Gasteiger partial charge >= 0.3 is 0 Å². The van der Waals surface area contributed by atoms with Crippen molar-refractivity contribution in [1.82, 2.24) is 0 Å². The number of nitro benzene ring substituents is 1. The predicted molar refractivity (Wildman–Crippen MR) is 54.4 cm³/mol. The van der Waals surface area contributed by atoms with E-state index in [0.717, 1.165) is 0 Å². The normalized spacial score (nSPS) is 10.4. The maximum absolute atomic E-state index is 10.8. The maximum Gasteiger partial charge on any atom is 0.275 e. The highest BCUT2D eigenvalue weighted by Gasteiger charge is 2.20.